The largest absolute Gasteiger partial charge is 0.345 e. The van der Waals surface area contributed by atoms with Crippen LogP contribution in [0.5, 0.6) is 0 Å². The quantitative estimate of drug-likeness (QED) is 0.918. The number of hydrogen-bond donors (Lipinski definition) is 1. The highest BCUT2D eigenvalue weighted by molar-refractivity contribution is 6.33. The van der Waals surface area contributed by atoms with Gasteiger partial charge < -0.3 is 5.32 Å². The van der Waals surface area contributed by atoms with Crippen LogP contribution in [0.3, 0.4) is 0 Å². The van der Waals surface area contributed by atoms with Crippen LogP contribution >= 0.6 is 11.6 Å². The number of nitrogens with zero attached hydrogens (tertiary/aromatic N) is 1. The summed E-state index contributed by atoms with van der Waals surface area (Å²) >= 11 is 6.12. The van der Waals surface area contributed by atoms with E-state index in [1.54, 1.807) is 6.07 Å². The van der Waals surface area contributed by atoms with Crippen LogP contribution in [0.2, 0.25) is 5.02 Å². The Balaban J connectivity index is 2.18. The zero-order valence-electron chi connectivity index (χ0n) is 12.5. The minimum atomic E-state index is -0.195. The van der Waals surface area contributed by atoms with Crippen molar-refractivity contribution in [1.82, 2.24) is 10.3 Å². The molecule has 1 unspecified atom stereocenters. The van der Waals surface area contributed by atoms with E-state index in [0.717, 1.165) is 17.7 Å². The van der Waals surface area contributed by atoms with Gasteiger partial charge in [-0.25, -0.2) is 0 Å². The zero-order valence-corrected chi connectivity index (χ0v) is 13.2. The number of carbonyl (C=O) groups excluding carboxylic acids is 1. The smallest absolute Gasteiger partial charge is 0.254 e. The average molecular weight is 303 g/mol. The van der Waals surface area contributed by atoms with Crippen LogP contribution in [0.15, 0.2) is 36.5 Å². The first-order chi connectivity index (χ1) is 10.0. The second kappa shape index (κ2) is 6.72. The van der Waals surface area contributed by atoms with Crippen molar-refractivity contribution < 1.29 is 4.79 Å². The van der Waals surface area contributed by atoms with Crippen molar-refractivity contribution in [2.24, 2.45) is 0 Å². The van der Waals surface area contributed by atoms with Crippen LogP contribution in [-0.4, -0.2) is 10.9 Å². The maximum Gasteiger partial charge on any atom is 0.254 e. The minimum Gasteiger partial charge on any atom is -0.345 e. The number of pyridine rings is 1. The third-order valence-corrected chi connectivity index (χ3v) is 3.74. The van der Waals surface area contributed by atoms with Gasteiger partial charge in [0, 0.05) is 11.9 Å². The van der Waals surface area contributed by atoms with Gasteiger partial charge in [-0.05, 0) is 31.9 Å². The number of nitrogens with one attached hydrogen (secondary N) is 1. The summed E-state index contributed by atoms with van der Waals surface area (Å²) in [6.45, 7) is 5.93. The molecule has 0 radical (unpaired) electrons. The predicted molar refractivity (Wildman–Crippen MR) is 85.7 cm³/mol. The van der Waals surface area contributed by atoms with Crippen molar-refractivity contribution in [1.29, 1.82) is 0 Å². The maximum absolute atomic E-state index is 12.4. The van der Waals surface area contributed by atoms with E-state index in [1.807, 2.05) is 45.0 Å². The first-order valence-electron chi connectivity index (χ1n) is 7.01. The van der Waals surface area contributed by atoms with E-state index in [1.165, 1.54) is 11.8 Å². The number of rotatable bonds is 4. The molecule has 110 valence electrons. The van der Waals surface area contributed by atoms with Gasteiger partial charge in [0.2, 0.25) is 0 Å². The average Bonchev–Trinajstić information content (AvgIpc) is 2.45. The SMILES string of the molecule is CCC(NC(=O)c1cnc(C)cc1Cl)c1ccc(C)cc1. The number of aryl methyl sites for hydroxylation is 2. The Kier molecular flexibility index (Phi) is 4.97. The summed E-state index contributed by atoms with van der Waals surface area (Å²) in [6.07, 6.45) is 2.33. The van der Waals surface area contributed by atoms with Gasteiger partial charge in [-0.1, -0.05) is 48.4 Å². The van der Waals surface area contributed by atoms with Gasteiger partial charge in [0.15, 0.2) is 0 Å². The highest BCUT2D eigenvalue weighted by Crippen LogP contribution is 2.20. The molecule has 0 aliphatic carbocycles. The number of benzene rings is 1. The number of aromatic nitrogens is 1. The summed E-state index contributed by atoms with van der Waals surface area (Å²) in [6, 6.07) is 9.84. The molecular formula is C17H19ClN2O. The Morgan fingerprint density at radius 2 is 1.95 bits per heavy atom. The van der Waals surface area contributed by atoms with E-state index in [0.29, 0.717) is 10.6 Å². The number of halogens is 1. The fourth-order valence-corrected chi connectivity index (χ4v) is 2.44. The highest BCUT2D eigenvalue weighted by atomic mass is 35.5. The van der Waals surface area contributed by atoms with Gasteiger partial charge in [0.05, 0.1) is 16.6 Å². The third kappa shape index (κ3) is 3.82. The molecule has 21 heavy (non-hydrogen) atoms. The molecule has 3 nitrogen and oxygen atoms in total. The molecule has 0 fully saturated rings. The van der Waals surface area contributed by atoms with E-state index < -0.39 is 0 Å². The fourth-order valence-electron chi connectivity index (χ4n) is 2.15. The summed E-state index contributed by atoms with van der Waals surface area (Å²) in [5.41, 5.74) is 3.49. The molecule has 0 bridgehead atoms. The standard InChI is InChI=1S/C17H19ClN2O/c1-4-16(13-7-5-11(2)6-8-13)20-17(21)14-10-19-12(3)9-15(14)18/h5-10,16H,4H2,1-3H3,(H,20,21). The lowest BCUT2D eigenvalue weighted by Crippen LogP contribution is -2.28. The van der Waals surface area contributed by atoms with Crippen molar-refractivity contribution in [2.75, 3.05) is 0 Å². The van der Waals surface area contributed by atoms with Crippen LogP contribution in [0, 0.1) is 13.8 Å². The Bertz CT molecular complexity index is 638. The predicted octanol–water partition coefficient (Wildman–Crippen LogP) is 4.23. The van der Waals surface area contributed by atoms with Gasteiger partial charge >= 0.3 is 0 Å². The molecule has 1 aromatic carbocycles. The van der Waals surface area contributed by atoms with E-state index >= 15 is 0 Å². The highest BCUT2D eigenvalue weighted by Gasteiger charge is 2.16. The molecule has 1 amide bonds. The lowest BCUT2D eigenvalue weighted by molar-refractivity contribution is 0.0935. The minimum absolute atomic E-state index is 0.0320. The monoisotopic (exact) mass is 302 g/mol. The van der Waals surface area contributed by atoms with Crippen molar-refractivity contribution in [3.05, 3.63) is 63.9 Å². The first kappa shape index (κ1) is 15.5. The second-order valence-electron chi connectivity index (χ2n) is 5.15. The van der Waals surface area contributed by atoms with Crippen molar-refractivity contribution in [2.45, 2.75) is 33.2 Å². The summed E-state index contributed by atoms with van der Waals surface area (Å²) in [5, 5.41) is 3.45. The van der Waals surface area contributed by atoms with Gasteiger partial charge in [-0.3, -0.25) is 9.78 Å². The zero-order chi connectivity index (χ0) is 15.4. The number of carbonyl (C=O) groups is 1. The normalized spacial score (nSPS) is 12.0. The third-order valence-electron chi connectivity index (χ3n) is 3.43. The van der Waals surface area contributed by atoms with Crippen LogP contribution in [-0.2, 0) is 0 Å². The summed E-state index contributed by atoms with van der Waals surface area (Å²) in [5.74, 6) is -0.195. The summed E-state index contributed by atoms with van der Waals surface area (Å²) in [7, 11) is 0. The van der Waals surface area contributed by atoms with Crippen LogP contribution < -0.4 is 5.32 Å². The van der Waals surface area contributed by atoms with Gasteiger partial charge in [0.1, 0.15) is 0 Å². The molecule has 1 N–H and O–H groups in total. The van der Waals surface area contributed by atoms with Gasteiger partial charge in [-0.2, -0.15) is 0 Å². The molecule has 1 aromatic heterocycles. The van der Waals surface area contributed by atoms with Crippen LogP contribution in [0.1, 0.15) is 46.6 Å². The van der Waals surface area contributed by atoms with E-state index in [2.05, 4.69) is 10.3 Å². The lowest BCUT2D eigenvalue weighted by atomic mass is 10.0. The topological polar surface area (TPSA) is 42.0 Å². The Morgan fingerprint density at radius 1 is 1.29 bits per heavy atom. The Hall–Kier alpha value is -1.87. The van der Waals surface area contributed by atoms with Gasteiger partial charge in [-0.15, -0.1) is 0 Å². The van der Waals surface area contributed by atoms with E-state index in [9.17, 15) is 4.79 Å². The molecule has 0 spiro atoms. The second-order valence-corrected chi connectivity index (χ2v) is 5.56. The fraction of sp³-hybridized carbons (Fsp3) is 0.294. The molecule has 0 saturated heterocycles. The van der Waals surface area contributed by atoms with Crippen LogP contribution in [0.4, 0.5) is 0 Å². The molecule has 1 heterocycles. The van der Waals surface area contributed by atoms with Gasteiger partial charge in [0.25, 0.3) is 5.91 Å². The molecule has 0 aliphatic heterocycles. The van der Waals surface area contributed by atoms with Crippen LogP contribution in [0.25, 0.3) is 0 Å². The summed E-state index contributed by atoms with van der Waals surface area (Å²) in [4.78, 5) is 16.5. The Labute approximate surface area is 130 Å². The molecule has 2 rings (SSSR count). The molecular weight excluding hydrogens is 284 g/mol. The Morgan fingerprint density at radius 3 is 2.52 bits per heavy atom. The summed E-state index contributed by atoms with van der Waals surface area (Å²) < 4.78 is 0. The molecule has 0 aliphatic rings. The number of amides is 1. The van der Waals surface area contributed by atoms with Crippen molar-refractivity contribution in [3.63, 3.8) is 0 Å². The van der Waals surface area contributed by atoms with Crippen molar-refractivity contribution in [3.8, 4) is 0 Å². The van der Waals surface area contributed by atoms with E-state index in [4.69, 9.17) is 11.6 Å². The lowest BCUT2D eigenvalue weighted by Gasteiger charge is -2.18. The molecule has 2 aromatic rings. The first-order valence-corrected chi connectivity index (χ1v) is 7.38. The maximum atomic E-state index is 12.4. The van der Waals surface area contributed by atoms with Crippen molar-refractivity contribution >= 4 is 17.5 Å². The molecule has 4 heteroatoms. The number of hydrogen-bond acceptors (Lipinski definition) is 2. The van der Waals surface area contributed by atoms with E-state index in [-0.39, 0.29) is 11.9 Å². The molecule has 0 saturated carbocycles. The molecule has 1 atom stereocenters.